The van der Waals surface area contributed by atoms with E-state index >= 15 is 0 Å². The Hall–Kier alpha value is -1.75. The topological polar surface area (TPSA) is 200 Å². The molecule has 17 nitrogen and oxygen atoms in total. The van der Waals surface area contributed by atoms with Gasteiger partial charge in [0, 0.05) is 25.9 Å². The van der Waals surface area contributed by atoms with E-state index in [9.17, 15) is 33.3 Å². The molecular weight excluding hydrogens is 1310 g/mol. The first-order valence-corrected chi connectivity index (χ1v) is 45.2. The van der Waals surface area contributed by atoms with Crippen molar-refractivity contribution in [3.05, 3.63) is 12.2 Å². The second-order valence-electron chi connectivity index (χ2n) is 31.1. The molecule has 0 saturated carbocycles. The summed E-state index contributed by atoms with van der Waals surface area (Å²) in [6.45, 7) is 10.1. The fourth-order valence-electron chi connectivity index (χ4n) is 11.8. The average Bonchev–Trinajstić information content (AvgIpc) is 1.04. The predicted octanol–water partition coefficient (Wildman–Crippen LogP) is 23.5. The molecule has 0 amide bonds. The maximum atomic E-state index is 12.7. The molecule has 0 fully saturated rings. The first-order valence-electron chi connectivity index (χ1n) is 42.2. The van der Waals surface area contributed by atoms with Crippen LogP contribution in [-0.2, 0) is 60.6 Å². The van der Waals surface area contributed by atoms with Gasteiger partial charge < -0.3 is 37.7 Å². The van der Waals surface area contributed by atoms with Gasteiger partial charge in [0.25, 0.3) is 0 Å². The van der Waals surface area contributed by atoms with Gasteiger partial charge in [0.2, 0.25) is 0 Å². The van der Waals surface area contributed by atoms with Crippen molar-refractivity contribution in [2.24, 2.45) is 0 Å². The van der Waals surface area contributed by atoms with Crippen molar-refractivity contribution in [3.63, 3.8) is 0 Å². The van der Waals surface area contributed by atoms with E-state index in [0.29, 0.717) is 41.5 Å². The lowest BCUT2D eigenvalue weighted by molar-refractivity contribution is -0.870. The molecule has 0 aromatic rings. The van der Waals surface area contributed by atoms with Gasteiger partial charge in [0.05, 0.1) is 62.1 Å². The second-order valence-corrected chi connectivity index (χ2v) is 34.0. The van der Waals surface area contributed by atoms with E-state index < -0.39 is 40.4 Å². The average molecular weight is 1480 g/mol. The zero-order valence-electron chi connectivity index (χ0n) is 67.8. The first kappa shape index (κ1) is 101. The highest BCUT2D eigenvalue weighted by Crippen LogP contribution is 2.44. The molecule has 0 aliphatic carbocycles. The smallest absolute Gasteiger partial charge is 0.462 e. The molecule has 0 saturated heterocycles. The second kappa shape index (κ2) is 73.7. The van der Waals surface area contributed by atoms with Crippen molar-refractivity contribution in [2.75, 3.05) is 102 Å². The van der Waals surface area contributed by atoms with E-state index in [0.717, 1.165) is 77.0 Å². The van der Waals surface area contributed by atoms with Crippen LogP contribution in [0.5, 0.6) is 0 Å². The zero-order valence-corrected chi connectivity index (χ0v) is 69.6. The lowest BCUT2D eigenvalue weighted by Gasteiger charge is -2.24. The Bertz CT molecular complexity index is 1940. The Labute approximate surface area is 623 Å². The fourth-order valence-corrected chi connectivity index (χ4v) is 13.3. The summed E-state index contributed by atoms with van der Waals surface area (Å²) in [6.07, 6.45) is 69.4. The van der Waals surface area contributed by atoms with Crippen LogP contribution in [0.2, 0.25) is 0 Å². The normalized spacial score (nSPS) is 13.8. The van der Waals surface area contributed by atoms with Gasteiger partial charge in [0.1, 0.15) is 39.0 Å². The van der Waals surface area contributed by atoms with E-state index in [1.54, 1.807) is 0 Å². The first-order chi connectivity index (χ1) is 48.6. The number of hydrogen-bond donors (Lipinski definition) is 2. The van der Waals surface area contributed by atoms with Crippen LogP contribution in [0.25, 0.3) is 0 Å². The van der Waals surface area contributed by atoms with E-state index in [4.69, 9.17) is 37.0 Å². The van der Waals surface area contributed by atoms with E-state index in [-0.39, 0.29) is 51.4 Å². The molecule has 0 aliphatic heterocycles. The number of esters is 3. The van der Waals surface area contributed by atoms with Gasteiger partial charge in [-0.05, 0) is 51.4 Å². The molecule has 0 radical (unpaired) electrons. The number of nitrogens with zero attached hydrogens (tertiary/aromatic N) is 2. The molecule has 0 bridgehead atoms. The number of carbonyl (C=O) groups excluding carboxylic acids is 3. The van der Waals surface area contributed by atoms with Crippen molar-refractivity contribution in [1.29, 1.82) is 0 Å². The third kappa shape index (κ3) is 83.7. The predicted molar refractivity (Wildman–Crippen MR) is 421 cm³/mol. The van der Waals surface area contributed by atoms with Crippen molar-refractivity contribution in [2.45, 2.75) is 399 Å². The third-order valence-corrected chi connectivity index (χ3v) is 20.4. The summed E-state index contributed by atoms with van der Waals surface area (Å²) in [5.41, 5.74) is 0. The highest BCUT2D eigenvalue weighted by Gasteiger charge is 2.28. The van der Waals surface area contributed by atoms with Crippen LogP contribution in [0.1, 0.15) is 387 Å². The largest absolute Gasteiger partial charge is 0.472 e. The molecule has 0 aliphatic rings. The monoisotopic (exact) mass is 1480 g/mol. The molecule has 0 rings (SSSR count). The summed E-state index contributed by atoms with van der Waals surface area (Å²) in [4.78, 5) is 58.1. The SMILES string of the molecule is CCCCCCCC/C=C\CCCCCCCC(=O)O[C@H](COCCCCCCCCCCCCCCCC)COP(=O)(O)OCC[N+](C)(C)C.CCCCCCCCCCCCCCCC(=O)OC[C@H](COP(=O)(O)OCC[N+](C)(C)C)OC(=O)CCCCCCCCCCCCCCC. The van der Waals surface area contributed by atoms with Crippen LogP contribution in [0, 0.1) is 0 Å². The van der Waals surface area contributed by atoms with Gasteiger partial charge >= 0.3 is 33.6 Å². The quantitative estimate of drug-likeness (QED) is 0.0145. The number of quaternary nitrogens is 2. The van der Waals surface area contributed by atoms with Gasteiger partial charge in [0.15, 0.2) is 6.10 Å². The molecule has 0 aromatic carbocycles. The van der Waals surface area contributed by atoms with Crippen LogP contribution in [0.15, 0.2) is 12.2 Å². The number of ether oxygens (including phenoxy) is 4. The number of unbranched alkanes of at least 4 members (excludes halogenated alkanes) is 48. The molecule has 2 N–H and O–H groups in total. The highest BCUT2D eigenvalue weighted by atomic mass is 31.2. The number of allylic oxidation sites excluding steroid dienone is 2. The van der Waals surface area contributed by atoms with Gasteiger partial charge in [-0.3, -0.25) is 32.5 Å². The number of carbonyl (C=O) groups is 3. The van der Waals surface area contributed by atoms with Crippen LogP contribution >= 0.6 is 15.6 Å². The minimum Gasteiger partial charge on any atom is -0.462 e. The third-order valence-electron chi connectivity index (χ3n) is 18.5. The number of likely N-dealkylation sites (N-methyl/N-ethyl adjacent to an activating group) is 2. The minimum absolute atomic E-state index is 0.0366. The zero-order chi connectivity index (χ0) is 74.9. The molecule has 19 heteroatoms. The Balaban J connectivity index is 0. The standard InChI is InChI=1S/C42H84NO7P.C40H80NO8P/c1-6-8-10-12-14-16-18-20-22-23-25-27-29-31-33-35-42(44)50-41(40-49-51(45,46)48-38-36-43(3,4)5)39-47-37-34-32-30-28-26-24-21-19-17-15-13-11-9-7-2;1-6-8-10-12-14-16-18-20-22-24-26-28-30-32-39(42)46-36-38(37-48-50(44,45)47-35-34-41(3,4)5)49-40(43)33-31-29-27-25-23-21-19-17-15-13-11-9-7-2/h20,22,41H,6-19,21,23-40H2,1-5H3;38H,6-37H2,1-5H3/p+2/b22-20-;/t41-;38-/m11/s1. The lowest BCUT2D eigenvalue weighted by atomic mass is 10.0. The minimum atomic E-state index is -4.36. The lowest BCUT2D eigenvalue weighted by Crippen LogP contribution is -2.37. The van der Waals surface area contributed by atoms with E-state index in [2.05, 4.69) is 39.8 Å². The Morgan fingerprint density at radius 1 is 0.307 bits per heavy atom. The number of rotatable bonds is 78. The van der Waals surface area contributed by atoms with Crippen LogP contribution in [0.4, 0.5) is 0 Å². The van der Waals surface area contributed by atoms with E-state index in [1.165, 1.54) is 263 Å². The van der Waals surface area contributed by atoms with Gasteiger partial charge in [-0.25, -0.2) is 9.13 Å². The molecule has 101 heavy (non-hydrogen) atoms. The van der Waals surface area contributed by atoms with E-state index in [1.807, 2.05) is 42.3 Å². The fraction of sp³-hybridized carbons (Fsp3) is 0.939. The molecule has 0 spiro atoms. The molecular formula is C82H166N2O15P2+2. The maximum Gasteiger partial charge on any atom is 0.472 e. The van der Waals surface area contributed by atoms with Crippen molar-refractivity contribution in [1.82, 2.24) is 0 Å². The summed E-state index contributed by atoms with van der Waals surface area (Å²) in [5.74, 6) is -1.11. The van der Waals surface area contributed by atoms with Crippen molar-refractivity contribution < 1.29 is 79.3 Å². The Kier molecular flexibility index (Phi) is 74.0. The van der Waals surface area contributed by atoms with Gasteiger partial charge in [-0.15, -0.1) is 0 Å². The Morgan fingerprint density at radius 2 is 0.554 bits per heavy atom. The number of hydrogen-bond acceptors (Lipinski definition) is 13. The summed E-state index contributed by atoms with van der Waals surface area (Å²) >= 11 is 0. The maximum absolute atomic E-state index is 12.7. The van der Waals surface area contributed by atoms with Gasteiger partial charge in [-0.2, -0.15) is 0 Å². The number of phosphoric ester groups is 2. The molecule has 602 valence electrons. The summed E-state index contributed by atoms with van der Waals surface area (Å²) < 4.78 is 69.2. The highest BCUT2D eigenvalue weighted by molar-refractivity contribution is 7.47. The molecule has 0 heterocycles. The Morgan fingerprint density at radius 3 is 0.842 bits per heavy atom. The van der Waals surface area contributed by atoms with Crippen molar-refractivity contribution >= 4 is 33.6 Å². The number of phosphoric acid groups is 2. The molecule has 4 atom stereocenters. The van der Waals surface area contributed by atoms with Crippen molar-refractivity contribution in [3.8, 4) is 0 Å². The summed E-state index contributed by atoms with van der Waals surface area (Å²) in [5, 5.41) is 0. The van der Waals surface area contributed by atoms with Crippen LogP contribution in [-0.4, -0.2) is 150 Å². The summed E-state index contributed by atoms with van der Waals surface area (Å²) in [7, 11) is 3.16. The molecule has 0 aromatic heterocycles. The van der Waals surface area contributed by atoms with Crippen LogP contribution in [0.3, 0.4) is 0 Å². The van der Waals surface area contributed by atoms with Gasteiger partial charge in [-0.1, -0.05) is 329 Å². The molecule has 2 unspecified atom stereocenters. The van der Waals surface area contributed by atoms with Crippen LogP contribution < -0.4 is 0 Å². The summed E-state index contributed by atoms with van der Waals surface area (Å²) in [6, 6.07) is 0.